The van der Waals surface area contributed by atoms with E-state index in [4.69, 9.17) is 4.55 Å². The number of rotatable bonds is 2. The molecule has 12 heavy (non-hydrogen) atoms. The summed E-state index contributed by atoms with van der Waals surface area (Å²) in [5.74, 6) is 0.148. The third-order valence-electron chi connectivity index (χ3n) is 1.55. The summed E-state index contributed by atoms with van der Waals surface area (Å²) in [6, 6.07) is 0. The van der Waals surface area contributed by atoms with Gasteiger partial charge in [-0.05, 0) is 13.8 Å². The van der Waals surface area contributed by atoms with Crippen molar-refractivity contribution in [3.63, 3.8) is 0 Å². The second kappa shape index (κ2) is 2.87. The minimum absolute atomic E-state index is 0.426. The first-order valence-electron chi connectivity index (χ1n) is 3.34. The number of imidazole rings is 1. The van der Waals surface area contributed by atoms with Crippen LogP contribution in [0.5, 0.6) is 0 Å². The molecule has 0 aliphatic heterocycles. The number of aryl methyl sites for hydroxylation is 2. The van der Waals surface area contributed by atoms with E-state index >= 15 is 0 Å². The normalized spacial score (nSPS) is 11.9. The molecule has 0 aliphatic carbocycles. The van der Waals surface area contributed by atoms with Gasteiger partial charge >= 0.3 is 0 Å². The van der Waals surface area contributed by atoms with E-state index in [1.165, 1.54) is 4.57 Å². The molecule has 1 N–H and O–H groups in total. The van der Waals surface area contributed by atoms with Gasteiger partial charge in [0.25, 0.3) is 10.1 Å². The molecule has 0 fully saturated rings. The quantitative estimate of drug-likeness (QED) is 0.683. The minimum atomic E-state index is -3.97. The van der Waals surface area contributed by atoms with Gasteiger partial charge in [-0.2, -0.15) is 8.42 Å². The molecule has 1 aromatic rings. The summed E-state index contributed by atoms with van der Waals surface area (Å²) in [7, 11) is -3.97. The highest BCUT2D eigenvalue weighted by Gasteiger charge is 2.09. The maximum absolute atomic E-state index is 10.5. The van der Waals surface area contributed by atoms with Crippen LogP contribution < -0.4 is 0 Å². The molecule has 0 unspecified atom stereocenters. The Morgan fingerprint density at radius 3 is 2.50 bits per heavy atom. The molecule has 0 saturated heterocycles. The van der Waals surface area contributed by atoms with Crippen LogP contribution in [-0.4, -0.2) is 22.5 Å². The molecule has 0 aliphatic rings. The molecular weight excluding hydrogens is 180 g/mol. The third-order valence-corrected chi connectivity index (χ3v) is 2.13. The molecule has 0 radical (unpaired) electrons. The van der Waals surface area contributed by atoms with Crippen LogP contribution in [0.15, 0.2) is 6.20 Å². The van der Waals surface area contributed by atoms with E-state index in [2.05, 4.69) is 4.98 Å². The Hall–Kier alpha value is -0.880. The molecule has 0 spiro atoms. The zero-order valence-electron chi connectivity index (χ0n) is 6.85. The van der Waals surface area contributed by atoms with Gasteiger partial charge in [0, 0.05) is 11.9 Å². The topological polar surface area (TPSA) is 72.2 Å². The average molecular weight is 190 g/mol. The van der Waals surface area contributed by atoms with Crippen LogP contribution in [-0.2, 0) is 16.0 Å². The number of hydrogen-bond donors (Lipinski definition) is 1. The zero-order chi connectivity index (χ0) is 9.35. The van der Waals surface area contributed by atoms with E-state index < -0.39 is 16.0 Å². The lowest BCUT2D eigenvalue weighted by atomic mass is 10.5. The second-order valence-corrected chi connectivity index (χ2v) is 4.01. The highest BCUT2D eigenvalue weighted by atomic mass is 32.2. The highest BCUT2D eigenvalue weighted by molar-refractivity contribution is 7.84. The second-order valence-electron chi connectivity index (χ2n) is 2.59. The van der Waals surface area contributed by atoms with E-state index in [1.807, 2.05) is 0 Å². The Labute approximate surface area is 70.8 Å². The van der Waals surface area contributed by atoms with Crippen molar-refractivity contribution in [1.29, 1.82) is 0 Å². The molecular formula is C6H10N2O3S. The van der Waals surface area contributed by atoms with Crippen LogP contribution in [0.25, 0.3) is 0 Å². The first kappa shape index (κ1) is 9.21. The predicted octanol–water partition coefficient (Wildman–Crippen LogP) is 0.345. The molecule has 0 amide bonds. The van der Waals surface area contributed by atoms with Gasteiger partial charge in [-0.3, -0.25) is 4.55 Å². The standard InChI is InChI=1S/C6H10N2O3S/c1-5-3-7-6(2)8(5)4-12(9,10)11/h3H,4H2,1-2H3,(H,9,10,11). The Kier molecular flexibility index (Phi) is 2.20. The Balaban J connectivity index is 3.04. The van der Waals surface area contributed by atoms with Gasteiger partial charge in [0.2, 0.25) is 0 Å². The molecule has 6 heteroatoms. The largest absolute Gasteiger partial charge is 0.315 e. The Bertz CT molecular complexity index is 360. The van der Waals surface area contributed by atoms with Crippen molar-refractivity contribution in [3.05, 3.63) is 17.7 Å². The maximum atomic E-state index is 10.5. The number of hydrogen-bond acceptors (Lipinski definition) is 3. The lowest BCUT2D eigenvalue weighted by Crippen LogP contribution is -2.11. The molecule has 0 atom stereocenters. The van der Waals surface area contributed by atoms with Crippen LogP contribution in [0, 0.1) is 13.8 Å². The van der Waals surface area contributed by atoms with Crippen LogP contribution in [0.1, 0.15) is 11.5 Å². The summed E-state index contributed by atoms with van der Waals surface area (Å²) < 4.78 is 31.0. The van der Waals surface area contributed by atoms with Gasteiger partial charge < -0.3 is 4.57 Å². The Morgan fingerprint density at radius 2 is 2.17 bits per heavy atom. The Morgan fingerprint density at radius 1 is 1.58 bits per heavy atom. The minimum Gasteiger partial charge on any atom is -0.315 e. The molecule has 1 aromatic heterocycles. The SMILES string of the molecule is Cc1cnc(C)n1CS(=O)(=O)O. The van der Waals surface area contributed by atoms with Crippen molar-refractivity contribution in [2.75, 3.05) is 0 Å². The summed E-state index contributed by atoms with van der Waals surface area (Å²) in [5.41, 5.74) is 0.713. The van der Waals surface area contributed by atoms with E-state index in [1.54, 1.807) is 20.0 Å². The van der Waals surface area contributed by atoms with Gasteiger partial charge in [-0.25, -0.2) is 4.98 Å². The monoisotopic (exact) mass is 190 g/mol. The molecule has 5 nitrogen and oxygen atoms in total. The number of aromatic nitrogens is 2. The van der Waals surface area contributed by atoms with Crippen molar-refractivity contribution in [2.45, 2.75) is 19.7 Å². The fourth-order valence-corrected chi connectivity index (χ4v) is 1.66. The molecule has 0 aromatic carbocycles. The van der Waals surface area contributed by atoms with Gasteiger partial charge in [0.15, 0.2) is 5.88 Å². The summed E-state index contributed by atoms with van der Waals surface area (Å²) in [5, 5.41) is 0. The van der Waals surface area contributed by atoms with Gasteiger partial charge in [0.05, 0.1) is 0 Å². The third kappa shape index (κ3) is 2.05. The van der Waals surface area contributed by atoms with Crippen molar-refractivity contribution in [1.82, 2.24) is 9.55 Å². The lowest BCUT2D eigenvalue weighted by Gasteiger charge is -2.03. The highest BCUT2D eigenvalue weighted by Crippen LogP contribution is 2.04. The van der Waals surface area contributed by atoms with Crippen LogP contribution in [0.3, 0.4) is 0 Å². The van der Waals surface area contributed by atoms with Gasteiger partial charge in [-0.15, -0.1) is 0 Å². The molecule has 1 heterocycles. The van der Waals surface area contributed by atoms with Crippen molar-refractivity contribution >= 4 is 10.1 Å². The van der Waals surface area contributed by atoms with E-state index in [0.29, 0.717) is 11.5 Å². The summed E-state index contributed by atoms with van der Waals surface area (Å²) in [6.07, 6.45) is 1.56. The lowest BCUT2D eigenvalue weighted by molar-refractivity contribution is 0.469. The molecule has 1 rings (SSSR count). The summed E-state index contributed by atoms with van der Waals surface area (Å²) >= 11 is 0. The first-order valence-corrected chi connectivity index (χ1v) is 4.95. The van der Waals surface area contributed by atoms with Crippen LogP contribution in [0.4, 0.5) is 0 Å². The van der Waals surface area contributed by atoms with Crippen LogP contribution >= 0.6 is 0 Å². The zero-order valence-corrected chi connectivity index (χ0v) is 7.67. The fraction of sp³-hybridized carbons (Fsp3) is 0.500. The van der Waals surface area contributed by atoms with E-state index in [0.717, 1.165) is 0 Å². The van der Waals surface area contributed by atoms with Crippen LogP contribution in [0.2, 0.25) is 0 Å². The summed E-state index contributed by atoms with van der Waals surface area (Å²) in [6.45, 7) is 3.41. The predicted molar refractivity (Wildman–Crippen MR) is 43.2 cm³/mol. The van der Waals surface area contributed by atoms with E-state index in [9.17, 15) is 8.42 Å². The maximum Gasteiger partial charge on any atom is 0.283 e. The summed E-state index contributed by atoms with van der Waals surface area (Å²) in [4.78, 5) is 3.89. The smallest absolute Gasteiger partial charge is 0.283 e. The fourth-order valence-electron chi connectivity index (χ4n) is 0.940. The van der Waals surface area contributed by atoms with Crippen molar-refractivity contribution < 1.29 is 13.0 Å². The van der Waals surface area contributed by atoms with Gasteiger partial charge in [0.1, 0.15) is 5.82 Å². The van der Waals surface area contributed by atoms with Crippen molar-refractivity contribution in [3.8, 4) is 0 Å². The van der Waals surface area contributed by atoms with Crippen molar-refractivity contribution in [2.24, 2.45) is 0 Å². The average Bonchev–Trinajstić information content (AvgIpc) is 2.16. The molecule has 0 saturated carbocycles. The van der Waals surface area contributed by atoms with Gasteiger partial charge in [-0.1, -0.05) is 0 Å². The number of nitrogens with zero attached hydrogens (tertiary/aromatic N) is 2. The van der Waals surface area contributed by atoms with E-state index in [-0.39, 0.29) is 0 Å². The first-order chi connectivity index (χ1) is 5.40. The molecule has 68 valence electrons. The molecule has 0 bridgehead atoms.